The van der Waals surface area contributed by atoms with Gasteiger partial charge in [0.2, 0.25) is 0 Å². The van der Waals surface area contributed by atoms with Crippen molar-refractivity contribution in [2.45, 2.75) is 6.54 Å². The summed E-state index contributed by atoms with van der Waals surface area (Å²) in [5.41, 5.74) is 7.43. The molecule has 2 aromatic rings. The number of aromatic nitrogens is 2. The Morgan fingerprint density at radius 2 is 2.46 bits per heavy atom. The Kier molecular flexibility index (Phi) is 1.90. The molecule has 13 heavy (non-hydrogen) atoms. The molecule has 0 spiro atoms. The van der Waals surface area contributed by atoms with E-state index in [0.717, 1.165) is 17.0 Å². The Hall–Kier alpha value is -1.55. The molecule has 0 unspecified atom stereocenters. The zero-order valence-corrected chi connectivity index (χ0v) is 7.40. The van der Waals surface area contributed by atoms with E-state index in [2.05, 4.69) is 5.10 Å². The Morgan fingerprint density at radius 3 is 3.00 bits per heavy atom. The third kappa shape index (κ3) is 1.36. The number of nitrogens with zero attached hydrogens (tertiary/aromatic N) is 2. The van der Waals surface area contributed by atoms with Crippen molar-refractivity contribution < 1.29 is 4.42 Å². The first-order valence-corrected chi connectivity index (χ1v) is 4.07. The molecular weight excluding hydrogens is 166 g/mol. The van der Waals surface area contributed by atoms with Gasteiger partial charge in [-0.3, -0.25) is 4.68 Å². The van der Waals surface area contributed by atoms with Gasteiger partial charge in [-0.25, -0.2) is 0 Å². The zero-order chi connectivity index (χ0) is 9.26. The first kappa shape index (κ1) is 8.07. The first-order valence-electron chi connectivity index (χ1n) is 4.07. The van der Waals surface area contributed by atoms with E-state index in [4.69, 9.17) is 10.2 Å². The van der Waals surface area contributed by atoms with E-state index in [1.807, 2.05) is 19.2 Å². The van der Waals surface area contributed by atoms with Crippen LogP contribution in [0, 0.1) is 0 Å². The lowest BCUT2D eigenvalue weighted by atomic mass is 10.2. The second-order valence-corrected chi connectivity index (χ2v) is 2.86. The van der Waals surface area contributed by atoms with Crippen LogP contribution in [0.5, 0.6) is 0 Å². The normalized spacial score (nSPS) is 10.6. The highest BCUT2D eigenvalue weighted by molar-refractivity contribution is 5.52. The summed E-state index contributed by atoms with van der Waals surface area (Å²) in [5.74, 6) is 0.806. The Bertz CT molecular complexity index is 402. The van der Waals surface area contributed by atoms with Crippen molar-refractivity contribution in [3.05, 3.63) is 30.2 Å². The average molecular weight is 177 g/mol. The zero-order valence-electron chi connectivity index (χ0n) is 7.40. The van der Waals surface area contributed by atoms with Gasteiger partial charge in [-0.2, -0.15) is 5.10 Å². The molecule has 0 fully saturated rings. The quantitative estimate of drug-likeness (QED) is 0.748. The van der Waals surface area contributed by atoms with E-state index in [1.165, 1.54) is 0 Å². The van der Waals surface area contributed by atoms with Crippen LogP contribution >= 0.6 is 0 Å². The number of aryl methyl sites for hydroxylation is 1. The molecule has 0 atom stereocenters. The fourth-order valence-electron chi connectivity index (χ4n) is 1.23. The average Bonchev–Trinajstić information content (AvgIpc) is 2.71. The molecule has 0 saturated carbocycles. The van der Waals surface area contributed by atoms with Crippen LogP contribution in [0.2, 0.25) is 0 Å². The fraction of sp³-hybridized carbons (Fsp3) is 0.222. The number of rotatable bonds is 2. The Morgan fingerprint density at radius 1 is 1.62 bits per heavy atom. The SMILES string of the molecule is Cn1nccc1-c1cc(CN)co1. The lowest BCUT2D eigenvalue weighted by molar-refractivity contribution is 0.570. The van der Waals surface area contributed by atoms with E-state index >= 15 is 0 Å². The van der Waals surface area contributed by atoms with Crippen LogP contribution in [-0.2, 0) is 13.6 Å². The summed E-state index contributed by atoms with van der Waals surface area (Å²) < 4.78 is 7.10. The molecule has 4 heteroatoms. The lowest BCUT2D eigenvalue weighted by Crippen LogP contribution is -1.93. The third-order valence-electron chi connectivity index (χ3n) is 1.96. The predicted molar refractivity (Wildman–Crippen MR) is 48.8 cm³/mol. The van der Waals surface area contributed by atoms with Crippen LogP contribution in [0.1, 0.15) is 5.56 Å². The molecule has 0 aliphatic rings. The summed E-state index contributed by atoms with van der Waals surface area (Å²) >= 11 is 0. The number of nitrogens with two attached hydrogens (primary N) is 1. The van der Waals surface area contributed by atoms with E-state index in [1.54, 1.807) is 17.1 Å². The molecule has 68 valence electrons. The molecule has 0 radical (unpaired) electrons. The van der Waals surface area contributed by atoms with Gasteiger partial charge < -0.3 is 10.2 Å². The maximum absolute atomic E-state index is 5.47. The minimum atomic E-state index is 0.501. The maximum Gasteiger partial charge on any atom is 0.152 e. The van der Waals surface area contributed by atoms with Gasteiger partial charge in [0.05, 0.1) is 6.26 Å². The second kappa shape index (κ2) is 3.06. The van der Waals surface area contributed by atoms with Crippen molar-refractivity contribution in [1.29, 1.82) is 0 Å². The molecule has 0 amide bonds. The summed E-state index contributed by atoms with van der Waals surface area (Å²) in [7, 11) is 1.87. The molecule has 0 aromatic carbocycles. The molecule has 0 bridgehead atoms. The molecule has 0 aliphatic carbocycles. The Labute approximate surface area is 76.0 Å². The van der Waals surface area contributed by atoms with Crippen molar-refractivity contribution in [2.75, 3.05) is 0 Å². The molecular formula is C9H11N3O. The third-order valence-corrected chi connectivity index (χ3v) is 1.96. The monoisotopic (exact) mass is 177 g/mol. The lowest BCUT2D eigenvalue weighted by Gasteiger charge is -1.95. The van der Waals surface area contributed by atoms with Crippen molar-refractivity contribution in [3.63, 3.8) is 0 Å². The smallest absolute Gasteiger partial charge is 0.152 e. The topological polar surface area (TPSA) is 57.0 Å². The number of hydrogen-bond acceptors (Lipinski definition) is 3. The molecule has 2 N–H and O–H groups in total. The highest BCUT2D eigenvalue weighted by Gasteiger charge is 2.06. The van der Waals surface area contributed by atoms with E-state index in [-0.39, 0.29) is 0 Å². The highest BCUT2D eigenvalue weighted by atomic mass is 16.3. The maximum atomic E-state index is 5.47. The predicted octanol–water partition coefficient (Wildman–Crippen LogP) is 1.14. The fourth-order valence-corrected chi connectivity index (χ4v) is 1.23. The van der Waals surface area contributed by atoms with Gasteiger partial charge in [-0.05, 0) is 12.1 Å². The van der Waals surface area contributed by atoms with Crippen molar-refractivity contribution >= 4 is 0 Å². The summed E-state index contributed by atoms with van der Waals surface area (Å²) in [5, 5.41) is 4.05. The molecule has 2 heterocycles. The number of hydrogen-bond donors (Lipinski definition) is 1. The standard InChI is InChI=1S/C9H11N3O/c1-12-8(2-3-11-12)9-4-7(5-10)6-13-9/h2-4,6H,5,10H2,1H3. The molecule has 4 nitrogen and oxygen atoms in total. The molecule has 0 saturated heterocycles. The van der Waals surface area contributed by atoms with Crippen LogP contribution in [0.15, 0.2) is 29.0 Å². The van der Waals surface area contributed by atoms with Gasteiger partial charge in [0, 0.05) is 25.4 Å². The minimum absolute atomic E-state index is 0.501. The van der Waals surface area contributed by atoms with Crippen molar-refractivity contribution in [3.8, 4) is 11.5 Å². The highest BCUT2D eigenvalue weighted by Crippen LogP contribution is 2.20. The second-order valence-electron chi connectivity index (χ2n) is 2.86. The van der Waals surface area contributed by atoms with Crippen molar-refractivity contribution in [1.82, 2.24) is 9.78 Å². The molecule has 2 rings (SSSR count). The van der Waals surface area contributed by atoms with Gasteiger partial charge >= 0.3 is 0 Å². The minimum Gasteiger partial charge on any atom is -0.462 e. The molecule has 0 aliphatic heterocycles. The van der Waals surface area contributed by atoms with E-state index in [9.17, 15) is 0 Å². The van der Waals surface area contributed by atoms with Gasteiger partial charge in [0.25, 0.3) is 0 Å². The van der Waals surface area contributed by atoms with Gasteiger partial charge in [-0.15, -0.1) is 0 Å². The first-order chi connectivity index (χ1) is 6.31. The van der Waals surface area contributed by atoms with Crippen LogP contribution < -0.4 is 5.73 Å². The van der Waals surface area contributed by atoms with Crippen LogP contribution in [0.4, 0.5) is 0 Å². The summed E-state index contributed by atoms with van der Waals surface area (Å²) in [6, 6.07) is 3.83. The molecule has 2 aromatic heterocycles. The number of furan rings is 1. The van der Waals surface area contributed by atoms with Gasteiger partial charge in [0.15, 0.2) is 5.76 Å². The summed E-state index contributed by atoms with van der Waals surface area (Å²) in [6.45, 7) is 0.501. The van der Waals surface area contributed by atoms with E-state index in [0.29, 0.717) is 6.54 Å². The van der Waals surface area contributed by atoms with Crippen LogP contribution in [0.25, 0.3) is 11.5 Å². The summed E-state index contributed by atoms with van der Waals surface area (Å²) in [4.78, 5) is 0. The van der Waals surface area contributed by atoms with E-state index < -0.39 is 0 Å². The van der Waals surface area contributed by atoms with Gasteiger partial charge in [-0.1, -0.05) is 0 Å². The largest absolute Gasteiger partial charge is 0.462 e. The Balaban J connectivity index is 2.41. The van der Waals surface area contributed by atoms with Crippen LogP contribution in [-0.4, -0.2) is 9.78 Å². The summed E-state index contributed by atoms with van der Waals surface area (Å²) in [6.07, 6.45) is 3.41. The van der Waals surface area contributed by atoms with Crippen LogP contribution in [0.3, 0.4) is 0 Å². The van der Waals surface area contributed by atoms with Gasteiger partial charge in [0.1, 0.15) is 5.69 Å². The van der Waals surface area contributed by atoms with Crippen molar-refractivity contribution in [2.24, 2.45) is 12.8 Å².